The third-order valence-electron chi connectivity index (χ3n) is 3.73. The Labute approximate surface area is 89.4 Å². The summed E-state index contributed by atoms with van der Waals surface area (Å²) in [5.41, 5.74) is 12.1. The van der Waals surface area contributed by atoms with Crippen LogP contribution in [0, 0.1) is 16.7 Å². The molecule has 0 heterocycles. The van der Waals surface area contributed by atoms with Crippen LogP contribution < -0.4 is 11.5 Å². The Balaban J connectivity index is 4.49. The molecule has 4 N–H and O–H groups in total. The second-order valence-electron chi connectivity index (χ2n) is 6.15. The van der Waals surface area contributed by atoms with E-state index in [1.54, 1.807) is 0 Å². The van der Waals surface area contributed by atoms with E-state index in [4.69, 9.17) is 11.5 Å². The van der Waals surface area contributed by atoms with E-state index >= 15 is 0 Å². The van der Waals surface area contributed by atoms with Gasteiger partial charge in [0.25, 0.3) is 0 Å². The molecule has 0 aliphatic carbocycles. The van der Waals surface area contributed by atoms with Gasteiger partial charge in [-0.05, 0) is 23.2 Å². The van der Waals surface area contributed by atoms with Crippen LogP contribution in [0.4, 0.5) is 0 Å². The van der Waals surface area contributed by atoms with Crippen LogP contribution in [-0.2, 0) is 0 Å². The molecule has 0 fully saturated rings. The summed E-state index contributed by atoms with van der Waals surface area (Å²) >= 11 is 0. The van der Waals surface area contributed by atoms with E-state index in [0.29, 0.717) is 17.9 Å². The Bertz CT molecular complexity index is 171. The van der Waals surface area contributed by atoms with Gasteiger partial charge in [0, 0.05) is 12.6 Å². The average molecular weight is 200 g/mol. The van der Waals surface area contributed by atoms with Gasteiger partial charge >= 0.3 is 0 Å². The van der Waals surface area contributed by atoms with Gasteiger partial charge in [0.05, 0.1) is 0 Å². The first kappa shape index (κ1) is 13.9. The molecular weight excluding hydrogens is 172 g/mol. The lowest BCUT2D eigenvalue weighted by atomic mass is 9.67. The monoisotopic (exact) mass is 200 g/mol. The lowest BCUT2D eigenvalue weighted by Gasteiger charge is -2.40. The molecule has 0 saturated carbocycles. The molecule has 0 aliphatic rings. The van der Waals surface area contributed by atoms with E-state index in [2.05, 4.69) is 41.5 Å². The van der Waals surface area contributed by atoms with Crippen LogP contribution >= 0.6 is 0 Å². The SMILES string of the molecule is CC(C)C(C)(C)CC(C)(C)[C@H](N)CN. The maximum atomic E-state index is 6.03. The molecule has 2 nitrogen and oxygen atoms in total. The molecule has 0 aromatic carbocycles. The van der Waals surface area contributed by atoms with Crippen molar-refractivity contribution >= 4 is 0 Å². The van der Waals surface area contributed by atoms with Crippen LogP contribution in [0.5, 0.6) is 0 Å². The van der Waals surface area contributed by atoms with Crippen molar-refractivity contribution in [3.63, 3.8) is 0 Å². The Morgan fingerprint density at radius 3 is 1.71 bits per heavy atom. The van der Waals surface area contributed by atoms with E-state index in [1.165, 1.54) is 0 Å². The van der Waals surface area contributed by atoms with Gasteiger partial charge in [0.1, 0.15) is 0 Å². The van der Waals surface area contributed by atoms with Crippen molar-refractivity contribution in [2.75, 3.05) is 6.54 Å². The molecule has 0 bridgehead atoms. The normalized spacial score (nSPS) is 16.1. The lowest BCUT2D eigenvalue weighted by molar-refractivity contribution is 0.120. The quantitative estimate of drug-likeness (QED) is 0.716. The molecule has 0 spiro atoms. The second-order valence-corrected chi connectivity index (χ2v) is 6.15. The predicted octanol–water partition coefficient (Wildman–Crippen LogP) is 2.37. The predicted molar refractivity (Wildman–Crippen MR) is 64.0 cm³/mol. The van der Waals surface area contributed by atoms with Crippen LogP contribution in [0.25, 0.3) is 0 Å². The first-order valence-corrected chi connectivity index (χ1v) is 5.59. The Hall–Kier alpha value is -0.0800. The molecule has 0 aromatic rings. The summed E-state index contributed by atoms with van der Waals surface area (Å²) in [6, 6.07) is 0.0977. The van der Waals surface area contributed by atoms with Gasteiger partial charge in [0.15, 0.2) is 0 Å². The van der Waals surface area contributed by atoms with Crippen molar-refractivity contribution in [3.8, 4) is 0 Å². The zero-order valence-electron chi connectivity index (χ0n) is 10.7. The fourth-order valence-corrected chi connectivity index (χ4v) is 1.83. The maximum absolute atomic E-state index is 6.03. The topological polar surface area (TPSA) is 52.0 Å². The van der Waals surface area contributed by atoms with Crippen molar-refractivity contribution in [2.45, 2.75) is 54.0 Å². The van der Waals surface area contributed by atoms with E-state index in [9.17, 15) is 0 Å². The van der Waals surface area contributed by atoms with E-state index in [-0.39, 0.29) is 11.5 Å². The van der Waals surface area contributed by atoms with Gasteiger partial charge in [-0.25, -0.2) is 0 Å². The lowest BCUT2D eigenvalue weighted by Crippen LogP contribution is -2.46. The summed E-state index contributed by atoms with van der Waals surface area (Å²) in [5.74, 6) is 0.673. The number of nitrogens with two attached hydrogens (primary N) is 2. The van der Waals surface area contributed by atoms with E-state index in [0.717, 1.165) is 6.42 Å². The van der Waals surface area contributed by atoms with Crippen LogP contribution in [0.1, 0.15) is 48.0 Å². The highest BCUT2D eigenvalue weighted by Gasteiger charge is 2.34. The van der Waals surface area contributed by atoms with E-state index < -0.39 is 0 Å². The van der Waals surface area contributed by atoms with Gasteiger partial charge in [0.2, 0.25) is 0 Å². The van der Waals surface area contributed by atoms with Gasteiger partial charge in [-0.1, -0.05) is 41.5 Å². The average Bonchev–Trinajstić information content (AvgIpc) is 2.00. The standard InChI is InChI=1S/C12H28N2/c1-9(2)11(3,4)8-12(5,6)10(14)7-13/h9-10H,7-8,13-14H2,1-6H3/t10-/m1/s1. The maximum Gasteiger partial charge on any atom is 0.0215 e. The highest BCUT2D eigenvalue weighted by molar-refractivity contribution is 4.88. The molecular formula is C12H28N2. The molecule has 0 aromatic heterocycles. The van der Waals surface area contributed by atoms with Crippen LogP contribution in [0.3, 0.4) is 0 Å². The van der Waals surface area contributed by atoms with Crippen molar-refractivity contribution in [1.82, 2.24) is 0 Å². The zero-order chi connectivity index (χ0) is 11.6. The molecule has 0 radical (unpaired) electrons. The molecule has 86 valence electrons. The summed E-state index contributed by atoms with van der Waals surface area (Å²) in [6.07, 6.45) is 1.12. The van der Waals surface area contributed by atoms with Gasteiger partial charge in [-0.15, -0.1) is 0 Å². The summed E-state index contributed by atoms with van der Waals surface area (Å²) in [4.78, 5) is 0. The number of hydrogen-bond acceptors (Lipinski definition) is 2. The van der Waals surface area contributed by atoms with Crippen molar-refractivity contribution in [1.29, 1.82) is 0 Å². The molecule has 0 aliphatic heterocycles. The Morgan fingerprint density at radius 1 is 1.00 bits per heavy atom. The third-order valence-corrected chi connectivity index (χ3v) is 3.73. The number of rotatable bonds is 5. The Kier molecular flexibility index (Phi) is 4.60. The minimum Gasteiger partial charge on any atom is -0.329 e. The van der Waals surface area contributed by atoms with Crippen molar-refractivity contribution < 1.29 is 0 Å². The van der Waals surface area contributed by atoms with E-state index in [1.807, 2.05) is 0 Å². The summed E-state index contributed by atoms with van der Waals surface area (Å²) in [7, 11) is 0. The van der Waals surface area contributed by atoms with Crippen LogP contribution in [0.15, 0.2) is 0 Å². The van der Waals surface area contributed by atoms with Gasteiger partial charge in [-0.3, -0.25) is 0 Å². The largest absolute Gasteiger partial charge is 0.329 e. The fraction of sp³-hybridized carbons (Fsp3) is 1.00. The first-order valence-electron chi connectivity index (χ1n) is 5.59. The highest BCUT2D eigenvalue weighted by Crippen LogP contribution is 2.40. The summed E-state index contributed by atoms with van der Waals surface area (Å²) in [5, 5.41) is 0. The van der Waals surface area contributed by atoms with Crippen molar-refractivity contribution in [2.24, 2.45) is 28.2 Å². The molecule has 0 amide bonds. The molecule has 2 heteroatoms. The van der Waals surface area contributed by atoms with Crippen LogP contribution in [0.2, 0.25) is 0 Å². The first-order chi connectivity index (χ1) is 6.13. The minimum atomic E-state index is 0.0977. The molecule has 0 rings (SSSR count). The zero-order valence-corrected chi connectivity index (χ0v) is 10.7. The molecule has 1 atom stereocenters. The fourth-order valence-electron chi connectivity index (χ4n) is 1.83. The Morgan fingerprint density at radius 2 is 1.43 bits per heavy atom. The van der Waals surface area contributed by atoms with Gasteiger partial charge < -0.3 is 11.5 Å². The highest BCUT2D eigenvalue weighted by atomic mass is 14.8. The molecule has 0 unspecified atom stereocenters. The molecule has 0 saturated heterocycles. The smallest absolute Gasteiger partial charge is 0.0215 e. The summed E-state index contributed by atoms with van der Waals surface area (Å²) in [6.45, 7) is 14.2. The minimum absolute atomic E-state index is 0.0977. The number of hydrogen-bond donors (Lipinski definition) is 2. The van der Waals surface area contributed by atoms with Gasteiger partial charge in [-0.2, -0.15) is 0 Å². The van der Waals surface area contributed by atoms with Crippen molar-refractivity contribution in [3.05, 3.63) is 0 Å². The van der Waals surface area contributed by atoms with Crippen LogP contribution in [-0.4, -0.2) is 12.6 Å². The summed E-state index contributed by atoms with van der Waals surface area (Å²) < 4.78 is 0. The molecule has 14 heavy (non-hydrogen) atoms. The second kappa shape index (κ2) is 4.63. The third kappa shape index (κ3) is 3.58.